The van der Waals surface area contributed by atoms with Crippen LogP contribution in [0.15, 0.2) is 48.5 Å². The van der Waals surface area contributed by atoms with Crippen molar-refractivity contribution in [3.05, 3.63) is 48.5 Å². The molecule has 4 nitrogen and oxygen atoms in total. The molecule has 1 saturated heterocycles. The van der Waals surface area contributed by atoms with E-state index in [1.807, 2.05) is 24.3 Å². The second-order valence-electron chi connectivity index (χ2n) is 6.70. The summed E-state index contributed by atoms with van der Waals surface area (Å²) in [6.45, 7) is 5.87. The van der Waals surface area contributed by atoms with Crippen molar-refractivity contribution in [2.45, 2.75) is 19.3 Å². The molecule has 0 atom stereocenters. The molecule has 0 N–H and O–H groups in total. The number of rotatable bonds is 6. The maximum atomic E-state index is 6.03. The fourth-order valence-corrected chi connectivity index (χ4v) is 3.66. The number of ether oxygens (including phenoxy) is 2. The predicted octanol–water partition coefficient (Wildman–Crippen LogP) is 4.43. The third-order valence-electron chi connectivity index (χ3n) is 4.99. The third-order valence-corrected chi connectivity index (χ3v) is 4.99. The van der Waals surface area contributed by atoms with E-state index in [1.54, 1.807) is 0 Å². The highest BCUT2D eigenvalue weighted by atomic mass is 16.5. The SMILES string of the molecule is c1ccc2c(c1)Oc1ccccc1N2CCOCCN1CCCCC1. The van der Waals surface area contributed by atoms with Gasteiger partial charge in [-0.2, -0.15) is 0 Å². The Hall–Kier alpha value is -2.04. The van der Waals surface area contributed by atoms with Gasteiger partial charge in [0, 0.05) is 13.1 Å². The first kappa shape index (κ1) is 16.4. The van der Waals surface area contributed by atoms with Crippen molar-refractivity contribution in [3.8, 4) is 11.5 Å². The highest BCUT2D eigenvalue weighted by molar-refractivity contribution is 5.77. The zero-order valence-electron chi connectivity index (χ0n) is 14.7. The highest BCUT2D eigenvalue weighted by Gasteiger charge is 2.23. The van der Waals surface area contributed by atoms with E-state index in [0.29, 0.717) is 0 Å². The van der Waals surface area contributed by atoms with Crippen molar-refractivity contribution in [1.29, 1.82) is 0 Å². The first-order chi connectivity index (χ1) is 12.4. The quantitative estimate of drug-likeness (QED) is 0.727. The number of para-hydroxylation sites is 4. The molecule has 0 radical (unpaired) electrons. The van der Waals surface area contributed by atoms with Crippen LogP contribution in [0.2, 0.25) is 0 Å². The normalized spacial score (nSPS) is 16.9. The summed E-state index contributed by atoms with van der Waals surface area (Å²) >= 11 is 0. The minimum Gasteiger partial charge on any atom is -0.453 e. The van der Waals surface area contributed by atoms with Crippen molar-refractivity contribution in [1.82, 2.24) is 4.90 Å². The molecule has 4 rings (SSSR count). The fourth-order valence-electron chi connectivity index (χ4n) is 3.66. The molecule has 2 aliphatic rings. The second kappa shape index (κ2) is 7.89. The highest BCUT2D eigenvalue weighted by Crippen LogP contribution is 2.45. The van der Waals surface area contributed by atoms with Crippen molar-refractivity contribution >= 4 is 11.4 Å². The number of anilines is 2. The van der Waals surface area contributed by atoms with E-state index < -0.39 is 0 Å². The van der Waals surface area contributed by atoms with Crippen LogP contribution in [0.3, 0.4) is 0 Å². The Labute approximate surface area is 150 Å². The van der Waals surface area contributed by atoms with Crippen LogP contribution < -0.4 is 9.64 Å². The summed E-state index contributed by atoms with van der Waals surface area (Å²) in [6, 6.07) is 16.4. The number of nitrogens with zero attached hydrogens (tertiary/aromatic N) is 2. The summed E-state index contributed by atoms with van der Waals surface area (Å²) < 4.78 is 12.0. The van der Waals surface area contributed by atoms with Crippen molar-refractivity contribution < 1.29 is 9.47 Å². The summed E-state index contributed by atoms with van der Waals surface area (Å²) in [6.07, 6.45) is 4.05. The average Bonchev–Trinajstić information content (AvgIpc) is 2.68. The van der Waals surface area contributed by atoms with Crippen LogP contribution in [0.5, 0.6) is 11.5 Å². The van der Waals surface area contributed by atoms with E-state index in [0.717, 1.165) is 49.2 Å². The minimum absolute atomic E-state index is 0.719. The molecule has 25 heavy (non-hydrogen) atoms. The van der Waals surface area contributed by atoms with Crippen molar-refractivity contribution in [2.75, 3.05) is 44.3 Å². The lowest BCUT2D eigenvalue weighted by molar-refractivity contribution is 0.101. The lowest BCUT2D eigenvalue weighted by atomic mass is 10.1. The molecule has 2 aromatic carbocycles. The molecule has 2 aliphatic heterocycles. The number of likely N-dealkylation sites (tertiary alicyclic amines) is 1. The van der Waals surface area contributed by atoms with Crippen LogP contribution in [-0.4, -0.2) is 44.3 Å². The average molecular weight is 338 g/mol. The molecule has 0 aliphatic carbocycles. The molecular weight excluding hydrogens is 312 g/mol. The Morgan fingerprint density at radius 2 is 1.36 bits per heavy atom. The summed E-state index contributed by atoms with van der Waals surface area (Å²) in [5.41, 5.74) is 2.22. The number of hydrogen-bond acceptors (Lipinski definition) is 4. The van der Waals surface area contributed by atoms with Crippen LogP contribution >= 0.6 is 0 Å². The van der Waals surface area contributed by atoms with E-state index in [4.69, 9.17) is 9.47 Å². The first-order valence-electron chi connectivity index (χ1n) is 9.35. The molecule has 0 bridgehead atoms. The zero-order valence-corrected chi connectivity index (χ0v) is 14.7. The lowest BCUT2D eigenvalue weighted by Crippen LogP contribution is -2.33. The van der Waals surface area contributed by atoms with Gasteiger partial charge in [0.05, 0.1) is 24.6 Å². The van der Waals surface area contributed by atoms with E-state index in [-0.39, 0.29) is 0 Å². The second-order valence-corrected chi connectivity index (χ2v) is 6.70. The number of fused-ring (bicyclic) bond motifs is 2. The minimum atomic E-state index is 0.719. The maximum absolute atomic E-state index is 6.03. The van der Waals surface area contributed by atoms with Gasteiger partial charge in [-0.25, -0.2) is 0 Å². The summed E-state index contributed by atoms with van der Waals surface area (Å²) in [5.74, 6) is 1.82. The standard InChI is InChI=1S/C21H26N2O2/c1-6-12-22(13-7-1)14-16-24-17-15-23-18-8-2-4-10-20(18)25-21-11-5-3-9-19(21)23/h2-5,8-11H,1,6-7,12-17H2. The molecule has 2 heterocycles. The largest absolute Gasteiger partial charge is 0.453 e. The lowest BCUT2D eigenvalue weighted by Gasteiger charge is -2.32. The molecule has 2 aromatic rings. The Morgan fingerprint density at radius 3 is 2.04 bits per heavy atom. The molecular formula is C21H26N2O2. The molecule has 0 spiro atoms. The van der Waals surface area contributed by atoms with Gasteiger partial charge < -0.3 is 19.3 Å². The van der Waals surface area contributed by atoms with Gasteiger partial charge in [-0.3, -0.25) is 0 Å². The number of benzene rings is 2. The molecule has 132 valence electrons. The monoisotopic (exact) mass is 338 g/mol. The van der Waals surface area contributed by atoms with Crippen LogP contribution in [0, 0.1) is 0 Å². The predicted molar refractivity (Wildman–Crippen MR) is 101 cm³/mol. The van der Waals surface area contributed by atoms with Gasteiger partial charge in [-0.05, 0) is 50.2 Å². The van der Waals surface area contributed by atoms with Crippen LogP contribution in [-0.2, 0) is 4.74 Å². The number of hydrogen-bond donors (Lipinski definition) is 0. The fraction of sp³-hybridized carbons (Fsp3) is 0.429. The van der Waals surface area contributed by atoms with E-state index in [9.17, 15) is 0 Å². The molecule has 0 aromatic heterocycles. The van der Waals surface area contributed by atoms with Gasteiger partial charge in [-0.1, -0.05) is 30.7 Å². The van der Waals surface area contributed by atoms with Crippen LogP contribution in [0.25, 0.3) is 0 Å². The summed E-state index contributed by atoms with van der Waals surface area (Å²) in [5, 5.41) is 0. The van der Waals surface area contributed by atoms with Gasteiger partial charge in [0.15, 0.2) is 11.5 Å². The maximum Gasteiger partial charge on any atom is 0.151 e. The number of piperidine rings is 1. The van der Waals surface area contributed by atoms with Gasteiger partial charge in [0.2, 0.25) is 0 Å². The molecule has 1 fully saturated rings. The molecule has 0 unspecified atom stereocenters. The van der Waals surface area contributed by atoms with Crippen molar-refractivity contribution in [3.63, 3.8) is 0 Å². The van der Waals surface area contributed by atoms with Gasteiger partial charge in [-0.15, -0.1) is 0 Å². The van der Waals surface area contributed by atoms with E-state index in [2.05, 4.69) is 34.1 Å². The van der Waals surface area contributed by atoms with Crippen LogP contribution in [0.4, 0.5) is 11.4 Å². The molecule has 4 heteroatoms. The Balaban J connectivity index is 1.35. The van der Waals surface area contributed by atoms with E-state index >= 15 is 0 Å². The Morgan fingerprint density at radius 1 is 0.760 bits per heavy atom. The topological polar surface area (TPSA) is 24.9 Å². The Kier molecular flexibility index (Phi) is 5.19. The van der Waals surface area contributed by atoms with Gasteiger partial charge >= 0.3 is 0 Å². The van der Waals surface area contributed by atoms with E-state index in [1.165, 1.54) is 32.4 Å². The van der Waals surface area contributed by atoms with Crippen molar-refractivity contribution in [2.24, 2.45) is 0 Å². The zero-order chi connectivity index (χ0) is 16.9. The molecule has 0 saturated carbocycles. The summed E-state index contributed by atoms with van der Waals surface area (Å²) in [4.78, 5) is 4.82. The first-order valence-corrected chi connectivity index (χ1v) is 9.35. The van der Waals surface area contributed by atoms with Gasteiger partial charge in [0.1, 0.15) is 0 Å². The smallest absolute Gasteiger partial charge is 0.151 e. The third kappa shape index (κ3) is 3.80. The van der Waals surface area contributed by atoms with Gasteiger partial charge in [0.25, 0.3) is 0 Å². The molecule has 0 amide bonds. The Bertz CT molecular complexity index is 652. The van der Waals surface area contributed by atoms with Crippen LogP contribution in [0.1, 0.15) is 19.3 Å². The summed E-state index contributed by atoms with van der Waals surface area (Å²) in [7, 11) is 0.